The molecule has 0 saturated heterocycles. The van der Waals surface area contributed by atoms with Crippen LogP contribution in [0.1, 0.15) is 22.8 Å². The van der Waals surface area contributed by atoms with Crippen molar-refractivity contribution in [2.75, 3.05) is 13.7 Å². The highest BCUT2D eigenvalue weighted by Crippen LogP contribution is 2.29. The van der Waals surface area contributed by atoms with Crippen molar-refractivity contribution in [2.45, 2.75) is 6.92 Å². The lowest BCUT2D eigenvalue weighted by molar-refractivity contribution is 0.104. The largest absolute Gasteiger partial charge is 0.493 e. The lowest BCUT2D eigenvalue weighted by Crippen LogP contribution is -2.00. The fourth-order valence-corrected chi connectivity index (χ4v) is 2.55. The molecule has 0 aliphatic rings. The Morgan fingerprint density at radius 1 is 1.36 bits per heavy atom. The fraction of sp³-hybridized carbons (Fsp3) is 0.176. The summed E-state index contributed by atoms with van der Waals surface area (Å²) in [4.78, 5) is 12.2. The van der Waals surface area contributed by atoms with E-state index in [-0.39, 0.29) is 11.4 Å². The van der Waals surface area contributed by atoms with Crippen molar-refractivity contribution in [1.82, 2.24) is 0 Å². The molecule has 0 amide bonds. The summed E-state index contributed by atoms with van der Waals surface area (Å²) in [6.07, 6.45) is 1.56. The van der Waals surface area contributed by atoms with Crippen LogP contribution in [0.15, 0.2) is 40.6 Å². The smallest absolute Gasteiger partial charge is 0.204 e. The van der Waals surface area contributed by atoms with Gasteiger partial charge in [-0.1, -0.05) is 6.07 Å². The van der Waals surface area contributed by atoms with Gasteiger partial charge in [0.25, 0.3) is 0 Å². The zero-order chi connectivity index (χ0) is 15.9. The Balaban J connectivity index is 2.36. The van der Waals surface area contributed by atoms with Crippen LogP contribution < -0.4 is 9.47 Å². The number of ether oxygens (including phenoxy) is 2. The van der Waals surface area contributed by atoms with Gasteiger partial charge < -0.3 is 9.47 Å². The van der Waals surface area contributed by atoms with E-state index in [1.165, 1.54) is 11.3 Å². The molecule has 0 radical (unpaired) electrons. The molecule has 2 rings (SSSR count). The number of hydrogen-bond acceptors (Lipinski definition) is 5. The maximum absolute atomic E-state index is 12.2. The molecule has 4 nitrogen and oxygen atoms in total. The number of nitrogens with zero attached hydrogens (tertiary/aromatic N) is 1. The van der Waals surface area contributed by atoms with Gasteiger partial charge in [0.2, 0.25) is 5.78 Å². The Kier molecular flexibility index (Phi) is 5.34. The van der Waals surface area contributed by atoms with E-state index in [9.17, 15) is 10.1 Å². The van der Waals surface area contributed by atoms with Gasteiger partial charge in [-0.05, 0) is 42.1 Å². The number of hydrogen-bond donors (Lipinski definition) is 0. The molecular formula is C17H15NO3S. The maximum atomic E-state index is 12.2. The minimum atomic E-state index is -0.280. The Morgan fingerprint density at radius 2 is 2.18 bits per heavy atom. The zero-order valence-corrected chi connectivity index (χ0v) is 13.1. The van der Waals surface area contributed by atoms with Gasteiger partial charge in [0.15, 0.2) is 11.5 Å². The van der Waals surface area contributed by atoms with Crippen molar-refractivity contribution in [2.24, 2.45) is 0 Å². The molecule has 0 saturated carbocycles. The predicted octanol–water partition coefficient (Wildman–Crippen LogP) is 3.95. The quantitative estimate of drug-likeness (QED) is 0.460. The Bertz CT molecular complexity index is 727. The number of benzene rings is 1. The second kappa shape index (κ2) is 7.43. The summed E-state index contributed by atoms with van der Waals surface area (Å²) in [5, 5.41) is 12.8. The Hall–Kier alpha value is -2.58. The first-order valence-electron chi connectivity index (χ1n) is 6.69. The molecule has 1 aromatic carbocycles. The highest BCUT2D eigenvalue weighted by Gasteiger charge is 2.13. The first-order valence-corrected chi connectivity index (χ1v) is 7.63. The van der Waals surface area contributed by atoms with Crippen LogP contribution in [0.4, 0.5) is 0 Å². The third-order valence-electron chi connectivity index (χ3n) is 2.95. The number of thiophene rings is 1. The van der Waals surface area contributed by atoms with Crippen molar-refractivity contribution in [1.29, 1.82) is 5.26 Å². The van der Waals surface area contributed by atoms with Crippen LogP contribution in [-0.2, 0) is 0 Å². The van der Waals surface area contributed by atoms with Crippen molar-refractivity contribution >= 4 is 23.2 Å². The molecule has 0 aliphatic carbocycles. The topological polar surface area (TPSA) is 59.3 Å². The molecule has 0 atom stereocenters. The first-order chi connectivity index (χ1) is 10.7. The summed E-state index contributed by atoms with van der Waals surface area (Å²) in [5.41, 5.74) is 1.33. The van der Waals surface area contributed by atoms with Crippen molar-refractivity contribution in [3.05, 3.63) is 51.7 Å². The van der Waals surface area contributed by atoms with Gasteiger partial charge in [-0.2, -0.15) is 16.6 Å². The number of Topliss-reactive ketones (excluding diaryl/α,β-unsaturated/α-hetero) is 1. The summed E-state index contributed by atoms with van der Waals surface area (Å²) in [6, 6.07) is 8.95. The number of rotatable bonds is 6. The number of carbonyl (C=O) groups excluding carboxylic acids is 1. The average molecular weight is 313 g/mol. The monoisotopic (exact) mass is 313 g/mol. The Labute approximate surface area is 133 Å². The van der Waals surface area contributed by atoms with Crippen molar-refractivity contribution < 1.29 is 14.3 Å². The molecule has 112 valence electrons. The number of ketones is 1. The molecule has 22 heavy (non-hydrogen) atoms. The second-order valence-corrected chi connectivity index (χ2v) is 5.13. The van der Waals surface area contributed by atoms with E-state index in [4.69, 9.17) is 9.47 Å². The summed E-state index contributed by atoms with van der Waals surface area (Å²) < 4.78 is 10.7. The fourth-order valence-electron chi connectivity index (χ4n) is 1.92. The SMILES string of the molecule is CCOc1cc(/C=C(\C#N)C(=O)c2ccsc2)ccc1OC. The van der Waals surface area contributed by atoms with Crippen LogP contribution in [-0.4, -0.2) is 19.5 Å². The molecule has 1 aromatic heterocycles. The standard InChI is InChI=1S/C17H15NO3S/c1-3-21-16-9-12(4-5-15(16)20-2)8-14(10-18)17(19)13-6-7-22-11-13/h4-9,11H,3H2,1-2H3/b14-8+. The highest BCUT2D eigenvalue weighted by molar-refractivity contribution is 7.08. The summed E-state index contributed by atoms with van der Waals surface area (Å²) >= 11 is 1.42. The average Bonchev–Trinajstić information content (AvgIpc) is 3.07. The van der Waals surface area contributed by atoms with Crippen LogP contribution in [0, 0.1) is 11.3 Å². The predicted molar refractivity (Wildman–Crippen MR) is 86.4 cm³/mol. The molecular weight excluding hydrogens is 298 g/mol. The van der Waals surface area contributed by atoms with Crippen LogP contribution in [0.5, 0.6) is 11.5 Å². The van der Waals surface area contributed by atoms with Crippen LogP contribution in [0.3, 0.4) is 0 Å². The summed E-state index contributed by atoms with van der Waals surface area (Å²) in [6.45, 7) is 2.38. The molecule has 0 N–H and O–H groups in total. The van der Waals surface area contributed by atoms with Gasteiger partial charge in [0, 0.05) is 10.9 Å². The van der Waals surface area contributed by atoms with Gasteiger partial charge in [0.05, 0.1) is 13.7 Å². The van der Waals surface area contributed by atoms with E-state index in [2.05, 4.69) is 0 Å². The van der Waals surface area contributed by atoms with Gasteiger partial charge >= 0.3 is 0 Å². The molecule has 0 spiro atoms. The third kappa shape index (κ3) is 3.54. The van der Waals surface area contributed by atoms with E-state index in [0.29, 0.717) is 29.2 Å². The molecule has 2 aromatic rings. The Morgan fingerprint density at radius 3 is 2.77 bits per heavy atom. The van der Waals surface area contributed by atoms with Gasteiger partial charge in [-0.3, -0.25) is 4.79 Å². The van der Waals surface area contributed by atoms with E-state index in [1.54, 1.807) is 42.8 Å². The number of methoxy groups -OCH3 is 1. The molecule has 0 aliphatic heterocycles. The third-order valence-corrected chi connectivity index (χ3v) is 3.63. The molecule has 0 unspecified atom stereocenters. The van der Waals surface area contributed by atoms with E-state index < -0.39 is 0 Å². The summed E-state index contributed by atoms with van der Waals surface area (Å²) in [5.74, 6) is 0.915. The number of allylic oxidation sites excluding steroid dienone is 1. The maximum Gasteiger partial charge on any atom is 0.204 e. The highest BCUT2D eigenvalue weighted by atomic mass is 32.1. The van der Waals surface area contributed by atoms with Gasteiger partial charge in [-0.15, -0.1) is 0 Å². The lowest BCUT2D eigenvalue weighted by atomic mass is 10.0. The van der Waals surface area contributed by atoms with Gasteiger partial charge in [0.1, 0.15) is 11.6 Å². The molecule has 0 fully saturated rings. The zero-order valence-electron chi connectivity index (χ0n) is 12.3. The first kappa shape index (κ1) is 15.8. The van der Waals surface area contributed by atoms with Crippen LogP contribution in [0.25, 0.3) is 6.08 Å². The van der Waals surface area contributed by atoms with Crippen LogP contribution in [0.2, 0.25) is 0 Å². The van der Waals surface area contributed by atoms with Gasteiger partial charge in [-0.25, -0.2) is 0 Å². The minimum absolute atomic E-state index is 0.0889. The van der Waals surface area contributed by atoms with Crippen molar-refractivity contribution in [3.63, 3.8) is 0 Å². The molecule has 0 bridgehead atoms. The molecule has 1 heterocycles. The van der Waals surface area contributed by atoms with E-state index in [0.717, 1.165) is 0 Å². The van der Waals surface area contributed by atoms with E-state index in [1.807, 2.05) is 18.4 Å². The lowest BCUT2D eigenvalue weighted by Gasteiger charge is -2.09. The second-order valence-electron chi connectivity index (χ2n) is 4.35. The minimum Gasteiger partial charge on any atom is -0.493 e. The molecule has 5 heteroatoms. The number of carbonyl (C=O) groups is 1. The number of nitriles is 1. The van der Waals surface area contributed by atoms with Crippen molar-refractivity contribution in [3.8, 4) is 17.6 Å². The van der Waals surface area contributed by atoms with Crippen LogP contribution >= 0.6 is 11.3 Å². The van der Waals surface area contributed by atoms with E-state index >= 15 is 0 Å². The summed E-state index contributed by atoms with van der Waals surface area (Å²) in [7, 11) is 1.56. The normalized spacial score (nSPS) is 10.9.